The molecule has 3 amide bonds. The molecule has 3 atom stereocenters. The number of halogens is 2. The van der Waals surface area contributed by atoms with E-state index in [1.165, 1.54) is 0 Å². The normalized spacial score (nSPS) is 19.9. The van der Waals surface area contributed by atoms with Crippen molar-refractivity contribution in [2.75, 3.05) is 6.54 Å². The minimum atomic E-state index is -0.568. The molecule has 0 bridgehead atoms. The molecule has 2 rings (SSSR count). The molecular weight excluding hydrogens is 361 g/mol. The summed E-state index contributed by atoms with van der Waals surface area (Å²) >= 11 is 11.9. The van der Waals surface area contributed by atoms with Crippen molar-refractivity contribution in [1.82, 2.24) is 15.5 Å². The van der Waals surface area contributed by atoms with E-state index in [1.807, 2.05) is 17.9 Å². The summed E-state index contributed by atoms with van der Waals surface area (Å²) in [5, 5.41) is 6.45. The fourth-order valence-corrected chi connectivity index (χ4v) is 3.34. The molecule has 25 heavy (non-hydrogen) atoms. The van der Waals surface area contributed by atoms with Crippen LogP contribution in [0, 0.1) is 0 Å². The van der Waals surface area contributed by atoms with Crippen LogP contribution in [0.15, 0.2) is 18.2 Å². The lowest BCUT2D eigenvalue weighted by Crippen LogP contribution is -2.53. The van der Waals surface area contributed by atoms with Crippen molar-refractivity contribution in [2.24, 2.45) is 0 Å². The van der Waals surface area contributed by atoms with Crippen LogP contribution < -0.4 is 10.6 Å². The molecule has 2 N–H and O–H groups in total. The number of amides is 3. The van der Waals surface area contributed by atoms with Crippen molar-refractivity contribution in [3.8, 4) is 0 Å². The topological polar surface area (TPSA) is 61.4 Å². The highest BCUT2D eigenvalue weighted by atomic mass is 35.5. The maximum atomic E-state index is 12.5. The van der Waals surface area contributed by atoms with Crippen molar-refractivity contribution in [1.29, 1.82) is 0 Å². The van der Waals surface area contributed by atoms with Gasteiger partial charge in [0.05, 0.1) is 16.1 Å². The number of carbonyl (C=O) groups is 2. The van der Waals surface area contributed by atoms with E-state index in [-0.39, 0.29) is 24.0 Å². The smallest absolute Gasteiger partial charge is 0.315 e. The third kappa shape index (κ3) is 5.25. The van der Waals surface area contributed by atoms with Crippen LogP contribution in [0.5, 0.6) is 0 Å². The highest BCUT2D eigenvalue weighted by Gasteiger charge is 2.28. The molecule has 7 heteroatoms. The van der Waals surface area contributed by atoms with Crippen LogP contribution in [-0.4, -0.2) is 35.5 Å². The second-order valence-corrected chi connectivity index (χ2v) is 7.43. The molecule has 138 valence electrons. The number of hydrogen-bond acceptors (Lipinski definition) is 2. The van der Waals surface area contributed by atoms with Crippen LogP contribution in [0.25, 0.3) is 0 Å². The van der Waals surface area contributed by atoms with Gasteiger partial charge in [0.15, 0.2) is 0 Å². The third-order valence-electron chi connectivity index (χ3n) is 4.60. The van der Waals surface area contributed by atoms with Gasteiger partial charge < -0.3 is 15.5 Å². The van der Waals surface area contributed by atoms with E-state index < -0.39 is 6.04 Å². The zero-order valence-electron chi connectivity index (χ0n) is 14.8. The third-order valence-corrected chi connectivity index (χ3v) is 5.33. The standard InChI is InChI=1S/C18H25Cl2N3O2/c1-11-6-4-5-9-23(11)17(24)13(3)22-18(25)21-12(2)14-7-8-15(19)16(20)10-14/h7-8,10-13H,4-6,9H2,1-3H3,(H2,21,22,25). The molecule has 1 aliphatic heterocycles. The van der Waals surface area contributed by atoms with E-state index in [1.54, 1.807) is 19.1 Å². The summed E-state index contributed by atoms with van der Waals surface area (Å²) < 4.78 is 0. The Balaban J connectivity index is 1.90. The Kier molecular flexibility index (Phi) is 6.96. The minimum absolute atomic E-state index is 0.0375. The van der Waals surface area contributed by atoms with Gasteiger partial charge in [0.2, 0.25) is 5.91 Å². The predicted molar refractivity (Wildman–Crippen MR) is 101 cm³/mol. The number of nitrogens with one attached hydrogen (secondary N) is 2. The average molecular weight is 386 g/mol. The lowest BCUT2D eigenvalue weighted by atomic mass is 10.0. The van der Waals surface area contributed by atoms with E-state index in [0.717, 1.165) is 31.4 Å². The summed E-state index contributed by atoms with van der Waals surface area (Å²) in [6.07, 6.45) is 3.18. The molecule has 0 aromatic heterocycles. The maximum absolute atomic E-state index is 12.5. The Morgan fingerprint density at radius 3 is 2.52 bits per heavy atom. The first-order chi connectivity index (χ1) is 11.8. The second-order valence-electron chi connectivity index (χ2n) is 6.61. The number of hydrogen-bond donors (Lipinski definition) is 2. The van der Waals surface area contributed by atoms with Crippen molar-refractivity contribution in [3.63, 3.8) is 0 Å². The Bertz CT molecular complexity index is 639. The Morgan fingerprint density at radius 1 is 1.16 bits per heavy atom. The maximum Gasteiger partial charge on any atom is 0.315 e. The monoisotopic (exact) mass is 385 g/mol. The summed E-state index contributed by atoms with van der Waals surface area (Å²) in [7, 11) is 0. The SMILES string of the molecule is CC(NC(=O)NC(C)c1ccc(Cl)c(Cl)c1)C(=O)N1CCCCC1C. The molecule has 1 heterocycles. The number of nitrogens with zero attached hydrogens (tertiary/aromatic N) is 1. The van der Waals surface area contributed by atoms with Crippen molar-refractivity contribution < 1.29 is 9.59 Å². The Labute approximate surface area is 159 Å². The fraction of sp³-hybridized carbons (Fsp3) is 0.556. The first-order valence-electron chi connectivity index (χ1n) is 8.62. The fourth-order valence-electron chi connectivity index (χ4n) is 3.04. The van der Waals surface area contributed by atoms with E-state index in [2.05, 4.69) is 17.6 Å². The van der Waals surface area contributed by atoms with Gasteiger partial charge in [0.1, 0.15) is 6.04 Å². The van der Waals surface area contributed by atoms with E-state index >= 15 is 0 Å². The van der Waals surface area contributed by atoms with Crippen molar-refractivity contribution >= 4 is 35.1 Å². The molecule has 0 aliphatic carbocycles. The zero-order chi connectivity index (χ0) is 18.6. The molecule has 3 unspecified atom stereocenters. The van der Waals surface area contributed by atoms with E-state index in [4.69, 9.17) is 23.2 Å². The Hall–Kier alpha value is -1.46. The second kappa shape index (κ2) is 8.77. The molecule has 0 radical (unpaired) electrons. The van der Waals surface area contributed by atoms with Gasteiger partial charge >= 0.3 is 6.03 Å². The number of piperidine rings is 1. The van der Waals surface area contributed by atoms with E-state index in [0.29, 0.717) is 10.0 Å². The van der Waals surface area contributed by atoms with Gasteiger partial charge in [-0.05, 0) is 57.7 Å². The van der Waals surface area contributed by atoms with Crippen LogP contribution in [0.3, 0.4) is 0 Å². The van der Waals surface area contributed by atoms with Gasteiger partial charge in [-0.1, -0.05) is 29.3 Å². The summed E-state index contributed by atoms with van der Waals surface area (Å²) in [6.45, 7) is 6.37. The predicted octanol–water partition coefficient (Wildman–Crippen LogP) is 4.14. The van der Waals surface area contributed by atoms with Gasteiger partial charge in [-0.2, -0.15) is 0 Å². The number of rotatable bonds is 4. The van der Waals surface area contributed by atoms with Gasteiger partial charge in [-0.25, -0.2) is 4.79 Å². The molecule has 1 aromatic carbocycles. The summed E-state index contributed by atoms with van der Waals surface area (Å²) in [4.78, 5) is 26.6. The molecule has 0 saturated carbocycles. The first-order valence-corrected chi connectivity index (χ1v) is 9.37. The molecule has 1 fully saturated rings. The summed E-state index contributed by atoms with van der Waals surface area (Å²) in [6, 6.07) is 4.24. The number of carbonyl (C=O) groups excluding carboxylic acids is 2. The number of benzene rings is 1. The molecule has 1 aromatic rings. The van der Waals surface area contributed by atoms with Gasteiger partial charge in [-0.3, -0.25) is 4.79 Å². The van der Waals surface area contributed by atoms with Gasteiger partial charge in [-0.15, -0.1) is 0 Å². The van der Waals surface area contributed by atoms with Crippen molar-refractivity contribution in [3.05, 3.63) is 33.8 Å². The molecule has 0 spiro atoms. The van der Waals surface area contributed by atoms with Crippen molar-refractivity contribution in [2.45, 2.75) is 58.2 Å². The first kappa shape index (κ1) is 19.9. The largest absolute Gasteiger partial charge is 0.338 e. The summed E-state index contributed by atoms with van der Waals surface area (Å²) in [5.41, 5.74) is 0.841. The molecule has 1 saturated heterocycles. The van der Waals surface area contributed by atoms with Crippen LogP contribution in [0.1, 0.15) is 51.6 Å². The minimum Gasteiger partial charge on any atom is -0.338 e. The Morgan fingerprint density at radius 2 is 1.88 bits per heavy atom. The molecular formula is C18H25Cl2N3O2. The van der Waals surface area contributed by atoms with Gasteiger partial charge in [0, 0.05) is 12.6 Å². The van der Waals surface area contributed by atoms with Crippen LogP contribution >= 0.6 is 23.2 Å². The average Bonchev–Trinajstić information content (AvgIpc) is 2.56. The highest BCUT2D eigenvalue weighted by molar-refractivity contribution is 6.42. The van der Waals surface area contributed by atoms with Crippen LogP contribution in [0.4, 0.5) is 4.79 Å². The number of urea groups is 1. The van der Waals surface area contributed by atoms with Gasteiger partial charge in [0.25, 0.3) is 0 Å². The van der Waals surface area contributed by atoms with Crippen LogP contribution in [0.2, 0.25) is 10.0 Å². The van der Waals surface area contributed by atoms with Crippen LogP contribution in [-0.2, 0) is 4.79 Å². The zero-order valence-corrected chi connectivity index (χ0v) is 16.3. The molecule has 1 aliphatic rings. The lowest BCUT2D eigenvalue weighted by molar-refractivity contribution is -0.136. The quantitative estimate of drug-likeness (QED) is 0.817. The lowest BCUT2D eigenvalue weighted by Gasteiger charge is -2.35. The van der Waals surface area contributed by atoms with E-state index in [9.17, 15) is 9.59 Å². The molecule has 5 nitrogen and oxygen atoms in total. The highest BCUT2D eigenvalue weighted by Crippen LogP contribution is 2.25. The summed E-state index contributed by atoms with van der Waals surface area (Å²) in [5.74, 6) is -0.0375. The number of likely N-dealkylation sites (tertiary alicyclic amines) is 1.